The van der Waals surface area contributed by atoms with Gasteiger partial charge in [-0.05, 0) is 74.6 Å². The molecule has 4 rings (SSSR count). The van der Waals surface area contributed by atoms with Crippen LogP contribution >= 0.6 is 0 Å². The van der Waals surface area contributed by atoms with Crippen LogP contribution in [0.25, 0.3) is 11.1 Å². The summed E-state index contributed by atoms with van der Waals surface area (Å²) in [7, 11) is 0. The molecule has 1 aliphatic carbocycles. The maximum atomic E-state index is 13.5. The molecule has 0 saturated carbocycles. The highest BCUT2D eigenvalue weighted by Crippen LogP contribution is 2.36. The van der Waals surface area contributed by atoms with E-state index in [4.69, 9.17) is 0 Å². The molecule has 1 aliphatic heterocycles. The first-order chi connectivity index (χ1) is 15.9. The zero-order chi connectivity index (χ0) is 23.3. The van der Waals surface area contributed by atoms with E-state index in [9.17, 15) is 9.59 Å². The van der Waals surface area contributed by atoms with Gasteiger partial charge in [0.2, 0.25) is 11.8 Å². The fourth-order valence-electron chi connectivity index (χ4n) is 5.17. The van der Waals surface area contributed by atoms with E-state index in [2.05, 4.69) is 40.7 Å². The number of aromatic nitrogens is 1. The zero-order valence-corrected chi connectivity index (χ0v) is 19.8. The van der Waals surface area contributed by atoms with Crippen molar-refractivity contribution in [3.05, 3.63) is 66.5 Å². The molecule has 2 aromatic rings. The van der Waals surface area contributed by atoms with E-state index in [0.29, 0.717) is 25.3 Å². The Morgan fingerprint density at radius 1 is 1.21 bits per heavy atom. The maximum absolute atomic E-state index is 13.5. The van der Waals surface area contributed by atoms with E-state index < -0.39 is 5.41 Å². The normalized spacial score (nSPS) is 22.5. The van der Waals surface area contributed by atoms with Crippen LogP contribution in [0.3, 0.4) is 0 Å². The van der Waals surface area contributed by atoms with Gasteiger partial charge in [-0.15, -0.1) is 0 Å². The van der Waals surface area contributed by atoms with Crippen LogP contribution in [0.15, 0.2) is 60.9 Å². The molecule has 1 aromatic heterocycles. The number of allylic oxidation sites excluding steroid dienone is 2. The van der Waals surface area contributed by atoms with Crippen molar-refractivity contribution < 1.29 is 9.59 Å². The monoisotopic (exact) mass is 445 g/mol. The highest BCUT2D eigenvalue weighted by Gasteiger charge is 2.43. The zero-order valence-electron chi connectivity index (χ0n) is 19.8. The van der Waals surface area contributed by atoms with Gasteiger partial charge in [0.15, 0.2) is 0 Å². The average Bonchev–Trinajstić information content (AvgIpc) is 3.32. The second-order valence-corrected chi connectivity index (χ2v) is 9.92. The Kier molecular flexibility index (Phi) is 7.26. The first kappa shape index (κ1) is 23.2. The van der Waals surface area contributed by atoms with Crippen LogP contribution < -0.4 is 5.32 Å². The standard InChI is InChI=1S/C28H35N3O2/c1-21(2)30-27(33)28(13-7-15-31(20-28)26(32)17-22-8-3-4-9-22)18-23-10-5-11-24(16-23)25-12-6-14-29-19-25/h3,5-6,8,10-12,14,16,19,21-22H,4,7,9,13,15,17-18,20H2,1-2H3,(H,30,33). The Bertz CT molecular complexity index is 1000. The van der Waals surface area contributed by atoms with E-state index in [1.165, 1.54) is 0 Å². The lowest BCUT2D eigenvalue weighted by molar-refractivity contribution is -0.142. The fourth-order valence-corrected chi connectivity index (χ4v) is 5.17. The van der Waals surface area contributed by atoms with Crippen molar-refractivity contribution in [2.45, 2.75) is 58.4 Å². The van der Waals surface area contributed by atoms with E-state index in [0.717, 1.165) is 48.9 Å². The maximum Gasteiger partial charge on any atom is 0.228 e. The van der Waals surface area contributed by atoms with Gasteiger partial charge in [0.25, 0.3) is 0 Å². The van der Waals surface area contributed by atoms with Gasteiger partial charge in [0.1, 0.15) is 0 Å². The lowest BCUT2D eigenvalue weighted by Gasteiger charge is -2.42. The van der Waals surface area contributed by atoms with Crippen LogP contribution in [0.2, 0.25) is 0 Å². The number of piperidine rings is 1. The molecule has 0 bridgehead atoms. The third kappa shape index (κ3) is 5.70. The van der Waals surface area contributed by atoms with E-state index in [1.807, 2.05) is 43.1 Å². The van der Waals surface area contributed by atoms with Crippen LogP contribution in [0.1, 0.15) is 51.5 Å². The number of likely N-dealkylation sites (tertiary alicyclic amines) is 1. The number of carbonyl (C=O) groups excluding carboxylic acids is 2. The van der Waals surface area contributed by atoms with Crippen LogP contribution in [0.5, 0.6) is 0 Å². The Hall–Kier alpha value is -2.95. The second kappa shape index (κ2) is 10.3. The molecular weight excluding hydrogens is 410 g/mol. The molecule has 5 heteroatoms. The average molecular weight is 446 g/mol. The SMILES string of the molecule is CC(C)NC(=O)C1(Cc2cccc(-c3cccnc3)c2)CCCN(C(=O)CC2C=CCC2)C1. The molecule has 2 aliphatic rings. The van der Waals surface area contributed by atoms with Gasteiger partial charge < -0.3 is 10.2 Å². The summed E-state index contributed by atoms with van der Waals surface area (Å²) in [6.45, 7) is 5.21. The number of nitrogens with zero attached hydrogens (tertiary/aromatic N) is 2. The van der Waals surface area contributed by atoms with E-state index >= 15 is 0 Å². The first-order valence-corrected chi connectivity index (χ1v) is 12.2. The Balaban J connectivity index is 1.57. The van der Waals surface area contributed by atoms with Crippen LogP contribution in [-0.4, -0.2) is 40.8 Å². The van der Waals surface area contributed by atoms with E-state index in [-0.39, 0.29) is 17.9 Å². The summed E-state index contributed by atoms with van der Waals surface area (Å²) >= 11 is 0. The number of rotatable bonds is 7. The van der Waals surface area contributed by atoms with Crippen molar-refractivity contribution in [1.82, 2.24) is 15.2 Å². The number of hydrogen-bond acceptors (Lipinski definition) is 3. The topological polar surface area (TPSA) is 62.3 Å². The largest absolute Gasteiger partial charge is 0.353 e. The summed E-state index contributed by atoms with van der Waals surface area (Å²) in [4.78, 5) is 32.8. The summed E-state index contributed by atoms with van der Waals surface area (Å²) in [6, 6.07) is 12.4. The summed E-state index contributed by atoms with van der Waals surface area (Å²) in [5, 5.41) is 3.15. The molecule has 33 heavy (non-hydrogen) atoms. The van der Waals surface area contributed by atoms with Gasteiger partial charge in [-0.25, -0.2) is 0 Å². The molecule has 1 aromatic carbocycles. The Labute approximate surface area is 197 Å². The van der Waals surface area contributed by atoms with E-state index in [1.54, 1.807) is 6.20 Å². The molecule has 1 fully saturated rings. The third-order valence-corrected chi connectivity index (χ3v) is 6.84. The lowest BCUT2D eigenvalue weighted by Crippen LogP contribution is -2.55. The van der Waals surface area contributed by atoms with Gasteiger partial charge in [0, 0.05) is 37.9 Å². The van der Waals surface area contributed by atoms with Crippen LogP contribution in [0.4, 0.5) is 0 Å². The van der Waals surface area contributed by atoms with Crippen molar-refractivity contribution >= 4 is 11.8 Å². The van der Waals surface area contributed by atoms with Gasteiger partial charge >= 0.3 is 0 Å². The molecule has 174 valence electrons. The molecule has 2 amide bonds. The number of carbonyl (C=O) groups is 2. The minimum atomic E-state index is -0.614. The molecule has 2 unspecified atom stereocenters. The highest BCUT2D eigenvalue weighted by atomic mass is 16.2. The molecule has 0 spiro atoms. The van der Waals surface area contributed by atoms with Crippen LogP contribution in [0, 0.1) is 11.3 Å². The van der Waals surface area contributed by atoms with Crippen molar-refractivity contribution in [2.24, 2.45) is 11.3 Å². The molecule has 5 nitrogen and oxygen atoms in total. The highest BCUT2D eigenvalue weighted by molar-refractivity contribution is 5.85. The second-order valence-electron chi connectivity index (χ2n) is 9.92. The van der Waals surface area contributed by atoms with Gasteiger partial charge in [-0.2, -0.15) is 0 Å². The summed E-state index contributed by atoms with van der Waals surface area (Å²) in [5.41, 5.74) is 2.65. The number of benzene rings is 1. The number of hydrogen-bond donors (Lipinski definition) is 1. The Morgan fingerprint density at radius 2 is 2.06 bits per heavy atom. The van der Waals surface area contributed by atoms with Crippen molar-refractivity contribution in [3.8, 4) is 11.1 Å². The van der Waals surface area contributed by atoms with Gasteiger partial charge in [-0.3, -0.25) is 14.6 Å². The smallest absolute Gasteiger partial charge is 0.228 e. The minimum Gasteiger partial charge on any atom is -0.353 e. The number of amides is 2. The number of pyridine rings is 1. The summed E-state index contributed by atoms with van der Waals surface area (Å²) < 4.78 is 0. The quantitative estimate of drug-likeness (QED) is 0.624. The molecule has 0 radical (unpaired) electrons. The third-order valence-electron chi connectivity index (χ3n) is 6.84. The van der Waals surface area contributed by atoms with Gasteiger partial charge in [0.05, 0.1) is 5.41 Å². The summed E-state index contributed by atoms with van der Waals surface area (Å²) in [5.74, 6) is 0.578. The van der Waals surface area contributed by atoms with Crippen molar-refractivity contribution in [3.63, 3.8) is 0 Å². The Morgan fingerprint density at radius 3 is 2.79 bits per heavy atom. The molecular formula is C28H35N3O2. The van der Waals surface area contributed by atoms with Crippen LogP contribution in [-0.2, 0) is 16.0 Å². The predicted molar refractivity (Wildman–Crippen MR) is 131 cm³/mol. The first-order valence-electron chi connectivity index (χ1n) is 12.2. The fraction of sp³-hybridized carbons (Fsp3) is 0.464. The summed E-state index contributed by atoms with van der Waals surface area (Å²) in [6.07, 6.45) is 12.9. The van der Waals surface area contributed by atoms with Gasteiger partial charge in [-0.1, -0.05) is 42.5 Å². The molecule has 1 N–H and O–H groups in total. The lowest BCUT2D eigenvalue weighted by atomic mass is 9.73. The number of nitrogens with one attached hydrogen (secondary N) is 1. The van der Waals surface area contributed by atoms with Crippen molar-refractivity contribution in [2.75, 3.05) is 13.1 Å². The predicted octanol–water partition coefficient (Wildman–Crippen LogP) is 4.78. The molecule has 2 heterocycles. The molecule has 1 saturated heterocycles. The molecule has 2 atom stereocenters. The van der Waals surface area contributed by atoms with Crippen molar-refractivity contribution in [1.29, 1.82) is 0 Å². The minimum absolute atomic E-state index is 0.0579.